The maximum absolute atomic E-state index is 13.3. The van der Waals surface area contributed by atoms with Gasteiger partial charge in [0.2, 0.25) is 5.89 Å². The Morgan fingerprint density at radius 2 is 2.21 bits per heavy atom. The average molecular weight is 337 g/mol. The van der Waals surface area contributed by atoms with E-state index in [0.717, 1.165) is 12.1 Å². The third-order valence-electron chi connectivity index (χ3n) is 4.11. The first kappa shape index (κ1) is 16.5. The lowest BCUT2D eigenvalue weighted by molar-refractivity contribution is -0.142. The lowest BCUT2D eigenvalue weighted by Crippen LogP contribution is -2.55. The van der Waals surface area contributed by atoms with E-state index in [1.54, 1.807) is 0 Å². The molecule has 0 unspecified atom stereocenters. The van der Waals surface area contributed by atoms with Crippen molar-refractivity contribution in [3.8, 4) is 11.5 Å². The Labute approximate surface area is 136 Å². The molecule has 0 radical (unpaired) electrons. The number of piperidine rings is 1. The summed E-state index contributed by atoms with van der Waals surface area (Å²) in [5.74, 6) is -2.49. The third-order valence-corrected chi connectivity index (χ3v) is 4.11. The van der Waals surface area contributed by atoms with Gasteiger partial charge in [0.25, 0.3) is 5.91 Å². The molecule has 1 aliphatic rings. The minimum absolute atomic E-state index is 0.121. The van der Waals surface area contributed by atoms with E-state index in [0.29, 0.717) is 37.2 Å². The van der Waals surface area contributed by atoms with Crippen molar-refractivity contribution in [3.05, 3.63) is 41.8 Å². The SMILES string of the molecule is NC(=O)[C@@]1(O)CCCN(Cc2coc(-c3ccc(F)c(F)c3)n2)C1. The summed E-state index contributed by atoms with van der Waals surface area (Å²) in [5.41, 5.74) is 4.60. The predicted octanol–water partition coefficient (Wildman–Crippen LogP) is 1.43. The third kappa shape index (κ3) is 3.29. The zero-order chi connectivity index (χ0) is 17.3. The van der Waals surface area contributed by atoms with Gasteiger partial charge in [-0.05, 0) is 37.6 Å². The molecule has 1 aliphatic heterocycles. The van der Waals surface area contributed by atoms with Crippen LogP contribution in [-0.4, -0.2) is 39.6 Å². The van der Waals surface area contributed by atoms with Crippen molar-refractivity contribution in [1.29, 1.82) is 0 Å². The number of oxazole rings is 1. The zero-order valence-electron chi connectivity index (χ0n) is 12.8. The number of hydrogen-bond donors (Lipinski definition) is 2. The quantitative estimate of drug-likeness (QED) is 0.880. The summed E-state index contributed by atoms with van der Waals surface area (Å²) < 4.78 is 31.6. The molecule has 0 saturated carbocycles. The highest BCUT2D eigenvalue weighted by atomic mass is 19.2. The summed E-state index contributed by atoms with van der Waals surface area (Å²) in [6.07, 6.45) is 2.37. The van der Waals surface area contributed by atoms with Crippen molar-refractivity contribution in [1.82, 2.24) is 9.88 Å². The summed E-state index contributed by atoms with van der Waals surface area (Å²) in [4.78, 5) is 17.5. The number of nitrogens with zero attached hydrogens (tertiary/aromatic N) is 2. The Hall–Kier alpha value is -2.32. The number of rotatable bonds is 4. The molecule has 1 amide bonds. The fourth-order valence-electron chi connectivity index (χ4n) is 2.83. The monoisotopic (exact) mass is 337 g/mol. The first-order valence-corrected chi connectivity index (χ1v) is 7.52. The van der Waals surface area contributed by atoms with Crippen LogP contribution in [0.3, 0.4) is 0 Å². The van der Waals surface area contributed by atoms with Crippen LogP contribution in [0.15, 0.2) is 28.9 Å². The van der Waals surface area contributed by atoms with Crippen molar-refractivity contribution >= 4 is 5.91 Å². The van der Waals surface area contributed by atoms with E-state index in [9.17, 15) is 18.7 Å². The molecule has 1 aromatic heterocycles. The number of β-amino-alcohol motifs (C(OH)–C–C–N with tert-alkyl or cyclic N) is 1. The van der Waals surface area contributed by atoms with Crippen LogP contribution in [0.2, 0.25) is 0 Å². The summed E-state index contributed by atoms with van der Waals surface area (Å²) in [7, 11) is 0. The van der Waals surface area contributed by atoms with E-state index in [2.05, 4.69) is 4.98 Å². The molecule has 6 nitrogen and oxygen atoms in total. The van der Waals surface area contributed by atoms with Crippen molar-refractivity contribution < 1.29 is 23.1 Å². The van der Waals surface area contributed by atoms with Crippen LogP contribution in [0.1, 0.15) is 18.5 Å². The number of primary amides is 1. The van der Waals surface area contributed by atoms with Crippen LogP contribution in [0.5, 0.6) is 0 Å². The maximum atomic E-state index is 13.3. The molecule has 24 heavy (non-hydrogen) atoms. The summed E-state index contributed by atoms with van der Waals surface area (Å²) >= 11 is 0. The zero-order valence-corrected chi connectivity index (χ0v) is 12.8. The molecule has 0 aliphatic carbocycles. The van der Waals surface area contributed by atoms with E-state index in [4.69, 9.17) is 10.2 Å². The molecule has 8 heteroatoms. The Bertz CT molecular complexity index is 765. The number of halogens is 2. The standard InChI is InChI=1S/C16H17F2N3O3/c17-12-3-2-10(6-13(12)18)14-20-11(8-24-14)7-21-5-1-4-16(23,9-21)15(19)22/h2-3,6,8,23H,1,4-5,7,9H2,(H2,19,22)/t16-/m1/s1. The molecule has 3 N–H and O–H groups in total. The fraction of sp³-hybridized carbons (Fsp3) is 0.375. The van der Waals surface area contributed by atoms with E-state index in [1.807, 2.05) is 4.90 Å². The van der Waals surface area contributed by atoms with Gasteiger partial charge in [0, 0.05) is 18.7 Å². The fourth-order valence-corrected chi connectivity index (χ4v) is 2.83. The minimum atomic E-state index is -1.54. The Kier molecular flexibility index (Phi) is 4.33. The highest BCUT2D eigenvalue weighted by Crippen LogP contribution is 2.24. The Morgan fingerprint density at radius 3 is 2.92 bits per heavy atom. The summed E-state index contributed by atoms with van der Waals surface area (Å²) in [5, 5.41) is 10.2. The van der Waals surface area contributed by atoms with Crippen LogP contribution in [0.4, 0.5) is 8.78 Å². The minimum Gasteiger partial charge on any atom is -0.444 e. The molecule has 1 aromatic carbocycles. The van der Waals surface area contributed by atoms with E-state index in [1.165, 1.54) is 12.3 Å². The molecule has 0 spiro atoms. The second-order valence-corrected chi connectivity index (χ2v) is 5.98. The highest BCUT2D eigenvalue weighted by molar-refractivity contribution is 5.83. The molecular weight excluding hydrogens is 320 g/mol. The van der Waals surface area contributed by atoms with Gasteiger partial charge < -0.3 is 15.3 Å². The van der Waals surface area contributed by atoms with Gasteiger partial charge in [-0.2, -0.15) is 0 Å². The van der Waals surface area contributed by atoms with Crippen molar-refractivity contribution in [3.63, 3.8) is 0 Å². The molecule has 0 bridgehead atoms. The Balaban J connectivity index is 1.72. The number of carbonyl (C=O) groups is 1. The first-order valence-electron chi connectivity index (χ1n) is 7.52. The van der Waals surface area contributed by atoms with E-state index < -0.39 is 23.1 Å². The van der Waals surface area contributed by atoms with E-state index in [-0.39, 0.29) is 12.4 Å². The lowest BCUT2D eigenvalue weighted by atomic mass is 9.92. The number of likely N-dealkylation sites (tertiary alicyclic amines) is 1. The first-order chi connectivity index (χ1) is 11.4. The molecular formula is C16H17F2N3O3. The van der Waals surface area contributed by atoms with Crippen LogP contribution in [0, 0.1) is 11.6 Å². The molecule has 1 atom stereocenters. The lowest BCUT2D eigenvalue weighted by Gasteiger charge is -2.36. The molecule has 3 rings (SSSR count). The van der Waals surface area contributed by atoms with E-state index >= 15 is 0 Å². The van der Waals surface area contributed by atoms with Gasteiger partial charge in [-0.25, -0.2) is 13.8 Å². The average Bonchev–Trinajstić information content (AvgIpc) is 2.98. The molecule has 2 heterocycles. The van der Waals surface area contributed by atoms with Crippen molar-refractivity contribution in [2.75, 3.05) is 13.1 Å². The van der Waals surface area contributed by atoms with Gasteiger partial charge in [0.1, 0.15) is 6.26 Å². The second-order valence-electron chi connectivity index (χ2n) is 5.98. The second kappa shape index (κ2) is 6.29. The van der Waals surface area contributed by atoms with Gasteiger partial charge in [0.15, 0.2) is 17.2 Å². The number of nitrogens with two attached hydrogens (primary N) is 1. The highest BCUT2D eigenvalue weighted by Gasteiger charge is 2.38. The number of benzene rings is 1. The van der Waals surface area contributed by atoms with Gasteiger partial charge in [-0.15, -0.1) is 0 Å². The summed E-state index contributed by atoms with van der Waals surface area (Å²) in [6, 6.07) is 3.39. The van der Waals surface area contributed by atoms with Crippen LogP contribution in [0.25, 0.3) is 11.5 Å². The van der Waals surface area contributed by atoms with Crippen molar-refractivity contribution in [2.45, 2.75) is 25.0 Å². The van der Waals surface area contributed by atoms with Gasteiger partial charge in [0.05, 0.1) is 5.69 Å². The predicted molar refractivity (Wildman–Crippen MR) is 80.5 cm³/mol. The molecule has 2 aromatic rings. The van der Waals surface area contributed by atoms with Gasteiger partial charge in [-0.1, -0.05) is 0 Å². The van der Waals surface area contributed by atoms with Gasteiger partial charge in [-0.3, -0.25) is 9.69 Å². The molecule has 1 fully saturated rings. The Morgan fingerprint density at radius 1 is 1.42 bits per heavy atom. The molecule has 128 valence electrons. The van der Waals surface area contributed by atoms with Crippen LogP contribution in [-0.2, 0) is 11.3 Å². The number of hydrogen-bond acceptors (Lipinski definition) is 5. The smallest absolute Gasteiger partial charge is 0.250 e. The van der Waals surface area contributed by atoms with Crippen molar-refractivity contribution in [2.24, 2.45) is 5.73 Å². The normalized spacial score (nSPS) is 21.8. The number of carbonyl (C=O) groups excluding carboxylic acids is 1. The van der Waals surface area contributed by atoms with Gasteiger partial charge >= 0.3 is 0 Å². The molecule has 1 saturated heterocycles. The summed E-state index contributed by atoms with van der Waals surface area (Å²) in [6.45, 7) is 1.15. The number of amides is 1. The number of aliphatic hydroxyl groups is 1. The van der Waals surface area contributed by atoms with Crippen LogP contribution >= 0.6 is 0 Å². The largest absolute Gasteiger partial charge is 0.444 e. The topological polar surface area (TPSA) is 92.6 Å². The van der Waals surface area contributed by atoms with Crippen LogP contribution < -0.4 is 5.73 Å². The number of aromatic nitrogens is 1. The maximum Gasteiger partial charge on any atom is 0.250 e.